The molecule has 0 amide bonds. The maximum atomic E-state index is 13.0. The number of nitrogens with one attached hydrogen (secondary N) is 1. The minimum absolute atomic E-state index is 0.0836. The number of aromatic nitrogens is 1. The second-order valence-electron chi connectivity index (χ2n) is 7.45. The molecule has 4 rings (SSSR count). The van der Waals surface area contributed by atoms with E-state index in [1.807, 2.05) is 54.7 Å². The molecule has 0 unspecified atom stereocenters. The molecule has 0 bridgehead atoms. The number of hydrogen-bond donors (Lipinski definition) is 1. The van der Waals surface area contributed by atoms with Gasteiger partial charge < -0.3 is 9.88 Å². The molecule has 0 radical (unpaired) electrons. The van der Waals surface area contributed by atoms with E-state index < -0.39 is 0 Å². The molecule has 0 aliphatic carbocycles. The summed E-state index contributed by atoms with van der Waals surface area (Å²) in [7, 11) is 2.15. The minimum atomic E-state index is 0.0836. The van der Waals surface area contributed by atoms with E-state index in [1.54, 1.807) is 0 Å². The lowest BCUT2D eigenvalue weighted by Gasteiger charge is -2.30. The summed E-state index contributed by atoms with van der Waals surface area (Å²) in [5.74, 6) is 6.50. The molecule has 0 saturated carbocycles. The topological polar surface area (TPSA) is 39.3 Å². The number of fused-ring (bicyclic) bond motifs is 1. The van der Waals surface area contributed by atoms with Gasteiger partial charge in [0, 0.05) is 60.8 Å². The second kappa shape index (κ2) is 8.43. The van der Waals surface area contributed by atoms with Crippen molar-refractivity contribution in [3.63, 3.8) is 0 Å². The van der Waals surface area contributed by atoms with E-state index >= 15 is 0 Å². The van der Waals surface area contributed by atoms with Crippen molar-refractivity contribution in [1.29, 1.82) is 0 Å². The molecule has 0 atom stereocenters. The molecule has 1 aliphatic heterocycles. The lowest BCUT2D eigenvalue weighted by atomic mass is 10.0. The summed E-state index contributed by atoms with van der Waals surface area (Å²) in [4.78, 5) is 20.9. The Kier molecular flexibility index (Phi) is 5.57. The first-order valence-corrected chi connectivity index (χ1v) is 9.77. The predicted molar refractivity (Wildman–Crippen MR) is 115 cm³/mol. The Morgan fingerprint density at radius 1 is 1.04 bits per heavy atom. The van der Waals surface area contributed by atoms with Crippen LogP contribution in [0.1, 0.15) is 16.7 Å². The van der Waals surface area contributed by atoms with E-state index in [9.17, 15) is 4.79 Å². The molecule has 28 heavy (non-hydrogen) atoms. The maximum Gasteiger partial charge on any atom is 0.192 e. The summed E-state index contributed by atoms with van der Waals surface area (Å²) < 4.78 is 0. The summed E-state index contributed by atoms with van der Waals surface area (Å²) in [6, 6.07) is 15.9. The monoisotopic (exact) mass is 371 g/mol. The van der Waals surface area contributed by atoms with E-state index in [4.69, 9.17) is 0 Å². The van der Waals surface area contributed by atoms with Crippen molar-refractivity contribution >= 4 is 10.9 Å². The molecular weight excluding hydrogens is 346 g/mol. The number of likely N-dealkylation sites (N-methyl/N-ethyl adjacent to an activating group) is 1. The van der Waals surface area contributed by atoms with Crippen molar-refractivity contribution in [2.24, 2.45) is 0 Å². The smallest absolute Gasteiger partial charge is 0.192 e. The van der Waals surface area contributed by atoms with Crippen molar-refractivity contribution < 1.29 is 0 Å². The number of rotatable bonds is 3. The quantitative estimate of drug-likeness (QED) is 0.720. The number of aromatic amines is 1. The highest BCUT2D eigenvalue weighted by molar-refractivity contribution is 5.80. The molecule has 1 saturated heterocycles. The zero-order valence-corrected chi connectivity index (χ0v) is 16.2. The van der Waals surface area contributed by atoms with E-state index in [1.165, 1.54) is 0 Å². The van der Waals surface area contributed by atoms with Crippen molar-refractivity contribution in [2.75, 3.05) is 39.8 Å². The molecule has 2 heterocycles. The van der Waals surface area contributed by atoms with Gasteiger partial charge in [0.25, 0.3) is 0 Å². The summed E-state index contributed by atoms with van der Waals surface area (Å²) >= 11 is 0. The van der Waals surface area contributed by atoms with Crippen LogP contribution < -0.4 is 5.43 Å². The zero-order chi connectivity index (χ0) is 19.3. The Hall–Kier alpha value is -2.87. The number of H-pyrrole nitrogens is 1. The normalized spacial score (nSPS) is 15.3. The predicted octanol–water partition coefficient (Wildman–Crippen LogP) is 2.72. The molecular formula is C24H25N3O. The van der Waals surface area contributed by atoms with Crippen LogP contribution in [0.4, 0.5) is 0 Å². The third kappa shape index (κ3) is 4.33. The molecule has 4 heteroatoms. The van der Waals surface area contributed by atoms with Crippen molar-refractivity contribution in [3.8, 4) is 11.8 Å². The number of benzene rings is 2. The highest BCUT2D eigenvalue weighted by Gasteiger charge is 2.12. The van der Waals surface area contributed by atoms with E-state index in [2.05, 4.69) is 33.7 Å². The van der Waals surface area contributed by atoms with Crippen LogP contribution in [0, 0.1) is 11.8 Å². The van der Waals surface area contributed by atoms with Crippen LogP contribution in [0.15, 0.2) is 59.5 Å². The Morgan fingerprint density at radius 3 is 2.61 bits per heavy atom. The maximum absolute atomic E-state index is 13.0. The zero-order valence-electron chi connectivity index (χ0n) is 16.2. The molecule has 3 aromatic rings. The van der Waals surface area contributed by atoms with Gasteiger partial charge in [-0.05, 0) is 30.8 Å². The highest BCUT2D eigenvalue weighted by atomic mass is 16.1. The number of pyridine rings is 1. The van der Waals surface area contributed by atoms with Crippen LogP contribution in [0.25, 0.3) is 10.9 Å². The van der Waals surface area contributed by atoms with Crippen LogP contribution in [0.3, 0.4) is 0 Å². The van der Waals surface area contributed by atoms with Gasteiger partial charge in [-0.15, -0.1) is 0 Å². The fourth-order valence-corrected chi connectivity index (χ4v) is 3.55. The van der Waals surface area contributed by atoms with Gasteiger partial charge in [-0.25, -0.2) is 0 Å². The van der Waals surface area contributed by atoms with E-state index in [0.717, 1.165) is 54.9 Å². The van der Waals surface area contributed by atoms with Gasteiger partial charge in [0.1, 0.15) is 0 Å². The van der Waals surface area contributed by atoms with Crippen LogP contribution in [0.2, 0.25) is 0 Å². The van der Waals surface area contributed by atoms with Crippen molar-refractivity contribution in [3.05, 3.63) is 81.6 Å². The molecule has 1 fully saturated rings. The Labute approximate surface area is 165 Å². The SMILES string of the molecule is CN1CCN(CC#Cc2ccc3[nH]cc(Cc4ccccc4)c(=O)c3c2)CC1. The van der Waals surface area contributed by atoms with Crippen LogP contribution >= 0.6 is 0 Å². The summed E-state index contributed by atoms with van der Waals surface area (Å²) in [5.41, 5.74) is 3.74. The van der Waals surface area contributed by atoms with E-state index in [0.29, 0.717) is 11.8 Å². The Morgan fingerprint density at radius 2 is 1.82 bits per heavy atom. The molecule has 142 valence electrons. The molecule has 1 aromatic heterocycles. The van der Waals surface area contributed by atoms with Gasteiger partial charge in [-0.1, -0.05) is 42.2 Å². The number of piperazine rings is 1. The molecule has 1 N–H and O–H groups in total. The Balaban J connectivity index is 1.54. The number of nitrogens with zero attached hydrogens (tertiary/aromatic N) is 2. The molecule has 1 aliphatic rings. The molecule has 2 aromatic carbocycles. The van der Waals surface area contributed by atoms with Crippen molar-refractivity contribution in [1.82, 2.24) is 14.8 Å². The van der Waals surface area contributed by atoms with E-state index in [-0.39, 0.29) is 5.43 Å². The second-order valence-corrected chi connectivity index (χ2v) is 7.45. The minimum Gasteiger partial charge on any atom is -0.361 e. The van der Waals surface area contributed by atoms with Crippen LogP contribution in [-0.4, -0.2) is 54.6 Å². The lowest BCUT2D eigenvalue weighted by molar-refractivity contribution is 0.168. The summed E-state index contributed by atoms with van der Waals surface area (Å²) in [5, 5.41) is 0.708. The first-order valence-electron chi connectivity index (χ1n) is 9.77. The third-order valence-electron chi connectivity index (χ3n) is 5.33. The molecule has 0 spiro atoms. The third-order valence-corrected chi connectivity index (χ3v) is 5.33. The first kappa shape index (κ1) is 18.5. The van der Waals surface area contributed by atoms with Gasteiger partial charge in [0.2, 0.25) is 0 Å². The summed E-state index contributed by atoms with van der Waals surface area (Å²) in [6.45, 7) is 5.08. The average molecular weight is 371 g/mol. The van der Waals surface area contributed by atoms with Gasteiger partial charge in [0.05, 0.1) is 6.54 Å². The van der Waals surface area contributed by atoms with Gasteiger partial charge in [-0.3, -0.25) is 9.69 Å². The van der Waals surface area contributed by atoms with Crippen LogP contribution in [0.5, 0.6) is 0 Å². The van der Waals surface area contributed by atoms with Crippen molar-refractivity contribution in [2.45, 2.75) is 6.42 Å². The average Bonchev–Trinajstić information content (AvgIpc) is 2.73. The Bertz CT molecular complexity index is 1070. The van der Waals surface area contributed by atoms with Gasteiger partial charge in [0.15, 0.2) is 5.43 Å². The fourth-order valence-electron chi connectivity index (χ4n) is 3.55. The standard InChI is InChI=1S/C24H25N3O/c1-26-12-14-27(15-13-26)11-5-8-20-9-10-23-22(17-20)24(28)21(18-25-23)16-19-6-3-2-4-7-19/h2-4,6-7,9-10,17-18H,11-16H2,1H3,(H,25,28). The van der Waals surface area contributed by atoms with Crippen LogP contribution in [-0.2, 0) is 6.42 Å². The van der Waals surface area contributed by atoms with Gasteiger partial charge in [-0.2, -0.15) is 0 Å². The van der Waals surface area contributed by atoms with Gasteiger partial charge >= 0.3 is 0 Å². The lowest BCUT2D eigenvalue weighted by Crippen LogP contribution is -2.44. The fraction of sp³-hybridized carbons (Fsp3) is 0.292. The molecule has 4 nitrogen and oxygen atoms in total. The summed E-state index contributed by atoms with van der Waals surface area (Å²) in [6.07, 6.45) is 2.46. The first-order chi connectivity index (χ1) is 13.7. The highest BCUT2D eigenvalue weighted by Crippen LogP contribution is 2.13. The number of hydrogen-bond acceptors (Lipinski definition) is 3. The largest absolute Gasteiger partial charge is 0.361 e.